The van der Waals surface area contributed by atoms with Crippen LogP contribution in [0.25, 0.3) is 0 Å². The van der Waals surface area contributed by atoms with E-state index < -0.39 is 6.10 Å². The highest BCUT2D eigenvalue weighted by Gasteiger charge is 2.02. The Kier molecular flexibility index (Phi) is 5.19. The number of hydrogen-bond acceptors (Lipinski definition) is 2. The van der Waals surface area contributed by atoms with Crippen molar-refractivity contribution in [3.8, 4) is 11.5 Å². The lowest BCUT2D eigenvalue weighted by molar-refractivity contribution is 0.199. The van der Waals surface area contributed by atoms with Crippen molar-refractivity contribution in [1.82, 2.24) is 0 Å². The minimum absolute atomic E-state index is 0.443. The number of benzene rings is 2. The van der Waals surface area contributed by atoms with Gasteiger partial charge in [0.2, 0.25) is 0 Å². The molecule has 0 radical (unpaired) electrons. The molecule has 0 unspecified atom stereocenters. The van der Waals surface area contributed by atoms with E-state index in [-0.39, 0.29) is 0 Å². The highest BCUT2D eigenvalue weighted by Crippen LogP contribution is 2.24. The van der Waals surface area contributed by atoms with Crippen LogP contribution in [0.4, 0.5) is 0 Å². The zero-order valence-electron chi connectivity index (χ0n) is 12.2. The molecule has 0 bridgehead atoms. The van der Waals surface area contributed by atoms with Crippen molar-refractivity contribution in [2.24, 2.45) is 0 Å². The van der Waals surface area contributed by atoms with Gasteiger partial charge < -0.3 is 9.84 Å². The third kappa shape index (κ3) is 4.10. The normalized spacial score (nSPS) is 12.2. The van der Waals surface area contributed by atoms with Gasteiger partial charge in [0.15, 0.2) is 0 Å². The molecule has 2 aromatic carbocycles. The van der Waals surface area contributed by atoms with E-state index in [0.717, 1.165) is 23.5 Å². The van der Waals surface area contributed by atoms with Crippen molar-refractivity contribution in [1.29, 1.82) is 0 Å². The molecule has 0 fully saturated rings. The number of unbranched alkanes of at least 4 members (excludes halogenated alkanes) is 1. The van der Waals surface area contributed by atoms with Crippen LogP contribution in [0.15, 0.2) is 48.5 Å². The van der Waals surface area contributed by atoms with Crippen molar-refractivity contribution in [3.05, 3.63) is 59.7 Å². The van der Waals surface area contributed by atoms with Crippen LogP contribution in [0.5, 0.6) is 11.5 Å². The number of aliphatic hydroxyl groups is 1. The van der Waals surface area contributed by atoms with E-state index >= 15 is 0 Å². The van der Waals surface area contributed by atoms with Crippen LogP contribution < -0.4 is 4.74 Å². The molecule has 0 saturated heterocycles. The van der Waals surface area contributed by atoms with Crippen molar-refractivity contribution in [2.45, 2.75) is 39.2 Å². The first-order chi connectivity index (χ1) is 9.69. The number of ether oxygens (including phenoxy) is 1. The van der Waals surface area contributed by atoms with Gasteiger partial charge >= 0.3 is 0 Å². The minimum atomic E-state index is -0.443. The van der Waals surface area contributed by atoms with E-state index in [4.69, 9.17) is 4.74 Å². The molecule has 2 heteroatoms. The second-order valence-electron chi connectivity index (χ2n) is 5.09. The standard InChI is InChI=1S/C18H22O2/c1-3-4-5-15-6-10-17(11-7-15)20-18-12-8-16(9-13-18)14(2)19/h6-14,19H,3-5H2,1-2H3/t14-/m0/s1. The molecule has 0 aliphatic heterocycles. The third-order valence-electron chi connectivity index (χ3n) is 3.34. The van der Waals surface area contributed by atoms with Crippen molar-refractivity contribution >= 4 is 0 Å². The third-order valence-corrected chi connectivity index (χ3v) is 3.34. The molecule has 2 nitrogen and oxygen atoms in total. The smallest absolute Gasteiger partial charge is 0.127 e. The summed E-state index contributed by atoms with van der Waals surface area (Å²) < 4.78 is 5.79. The molecule has 2 rings (SSSR count). The summed E-state index contributed by atoms with van der Waals surface area (Å²) in [7, 11) is 0. The van der Waals surface area contributed by atoms with Crippen molar-refractivity contribution in [3.63, 3.8) is 0 Å². The molecule has 0 spiro atoms. The second kappa shape index (κ2) is 7.11. The summed E-state index contributed by atoms with van der Waals surface area (Å²) >= 11 is 0. The Hall–Kier alpha value is -1.80. The van der Waals surface area contributed by atoms with Crippen LogP contribution in [-0.4, -0.2) is 5.11 Å². The van der Waals surface area contributed by atoms with Gasteiger partial charge in [-0.05, 0) is 55.2 Å². The van der Waals surface area contributed by atoms with Crippen LogP contribution in [0, 0.1) is 0 Å². The van der Waals surface area contributed by atoms with Gasteiger partial charge in [-0.1, -0.05) is 37.6 Å². The Morgan fingerprint density at radius 1 is 0.950 bits per heavy atom. The van der Waals surface area contributed by atoms with E-state index in [9.17, 15) is 5.11 Å². The quantitative estimate of drug-likeness (QED) is 0.811. The van der Waals surface area contributed by atoms with E-state index in [1.54, 1.807) is 6.92 Å². The van der Waals surface area contributed by atoms with E-state index in [1.807, 2.05) is 36.4 Å². The fourth-order valence-electron chi connectivity index (χ4n) is 2.06. The Balaban J connectivity index is 1.98. The molecule has 0 amide bonds. The lowest BCUT2D eigenvalue weighted by Crippen LogP contribution is -1.91. The van der Waals surface area contributed by atoms with Crippen LogP contribution in [0.3, 0.4) is 0 Å². The number of aliphatic hydroxyl groups excluding tert-OH is 1. The van der Waals surface area contributed by atoms with Gasteiger partial charge in [-0.25, -0.2) is 0 Å². The molecular formula is C18H22O2. The summed E-state index contributed by atoms with van der Waals surface area (Å²) in [6, 6.07) is 15.8. The summed E-state index contributed by atoms with van der Waals surface area (Å²) in [5.74, 6) is 1.63. The van der Waals surface area contributed by atoms with E-state index in [2.05, 4.69) is 19.1 Å². The highest BCUT2D eigenvalue weighted by molar-refractivity contribution is 5.35. The molecule has 0 saturated carbocycles. The maximum absolute atomic E-state index is 9.46. The largest absolute Gasteiger partial charge is 0.457 e. The average Bonchev–Trinajstić information content (AvgIpc) is 2.47. The van der Waals surface area contributed by atoms with Gasteiger partial charge in [-0.2, -0.15) is 0 Å². The SMILES string of the molecule is CCCCc1ccc(Oc2ccc([C@H](C)O)cc2)cc1. The maximum Gasteiger partial charge on any atom is 0.127 e. The first kappa shape index (κ1) is 14.6. The lowest BCUT2D eigenvalue weighted by atomic mass is 10.1. The summed E-state index contributed by atoms with van der Waals surface area (Å²) in [6.07, 6.45) is 3.12. The molecule has 1 N–H and O–H groups in total. The van der Waals surface area contributed by atoms with Crippen LogP contribution >= 0.6 is 0 Å². The van der Waals surface area contributed by atoms with Crippen LogP contribution in [0.2, 0.25) is 0 Å². The Bertz CT molecular complexity index is 512. The first-order valence-corrected chi connectivity index (χ1v) is 7.24. The fourth-order valence-corrected chi connectivity index (χ4v) is 2.06. The first-order valence-electron chi connectivity index (χ1n) is 7.24. The van der Waals surface area contributed by atoms with E-state index in [0.29, 0.717) is 0 Å². The van der Waals surface area contributed by atoms with Gasteiger partial charge in [0.05, 0.1) is 6.10 Å². The van der Waals surface area contributed by atoms with Crippen LogP contribution in [-0.2, 0) is 6.42 Å². The van der Waals surface area contributed by atoms with Gasteiger partial charge in [0.25, 0.3) is 0 Å². The second-order valence-corrected chi connectivity index (χ2v) is 5.09. The zero-order valence-corrected chi connectivity index (χ0v) is 12.2. The predicted molar refractivity (Wildman–Crippen MR) is 82.2 cm³/mol. The molecule has 0 heterocycles. The number of hydrogen-bond donors (Lipinski definition) is 1. The molecule has 1 atom stereocenters. The summed E-state index contributed by atoms with van der Waals surface area (Å²) in [4.78, 5) is 0. The fraction of sp³-hybridized carbons (Fsp3) is 0.333. The van der Waals surface area contributed by atoms with Gasteiger partial charge in [-0.3, -0.25) is 0 Å². The van der Waals surface area contributed by atoms with Crippen LogP contribution in [0.1, 0.15) is 43.9 Å². The Morgan fingerprint density at radius 3 is 2.00 bits per heavy atom. The summed E-state index contributed by atoms with van der Waals surface area (Å²) in [6.45, 7) is 3.96. The summed E-state index contributed by atoms with van der Waals surface area (Å²) in [5.41, 5.74) is 2.25. The zero-order chi connectivity index (χ0) is 14.4. The monoisotopic (exact) mass is 270 g/mol. The van der Waals surface area contributed by atoms with Gasteiger partial charge in [0.1, 0.15) is 11.5 Å². The Morgan fingerprint density at radius 2 is 1.50 bits per heavy atom. The predicted octanol–water partition coefficient (Wildman–Crippen LogP) is 4.87. The molecule has 2 aromatic rings. The molecule has 0 aromatic heterocycles. The molecule has 0 aliphatic rings. The van der Waals surface area contributed by atoms with Gasteiger partial charge in [0, 0.05) is 0 Å². The number of rotatable bonds is 6. The Labute approximate surface area is 121 Å². The molecular weight excluding hydrogens is 248 g/mol. The highest BCUT2D eigenvalue weighted by atomic mass is 16.5. The minimum Gasteiger partial charge on any atom is -0.457 e. The average molecular weight is 270 g/mol. The maximum atomic E-state index is 9.46. The van der Waals surface area contributed by atoms with Crippen molar-refractivity contribution < 1.29 is 9.84 Å². The molecule has 20 heavy (non-hydrogen) atoms. The topological polar surface area (TPSA) is 29.5 Å². The molecule has 0 aliphatic carbocycles. The van der Waals surface area contributed by atoms with Gasteiger partial charge in [-0.15, -0.1) is 0 Å². The van der Waals surface area contributed by atoms with E-state index in [1.165, 1.54) is 18.4 Å². The lowest BCUT2D eigenvalue weighted by Gasteiger charge is -2.09. The number of aryl methyl sites for hydroxylation is 1. The molecule has 106 valence electrons. The van der Waals surface area contributed by atoms with Crippen molar-refractivity contribution in [2.75, 3.05) is 0 Å². The summed E-state index contributed by atoms with van der Waals surface area (Å²) in [5, 5.41) is 9.46.